The van der Waals surface area contributed by atoms with E-state index in [0.717, 1.165) is 17.9 Å². The zero-order chi connectivity index (χ0) is 18.6. The van der Waals surface area contributed by atoms with Gasteiger partial charge in [0.2, 0.25) is 5.95 Å². The molecular formula is C16H19N7O2S. The number of sulfonamides is 1. The fourth-order valence-corrected chi connectivity index (χ4v) is 3.20. The number of nitrogens with one attached hydrogen (secondary N) is 4. The van der Waals surface area contributed by atoms with E-state index in [4.69, 9.17) is 0 Å². The van der Waals surface area contributed by atoms with Crippen molar-refractivity contribution >= 4 is 33.2 Å². The molecular weight excluding hydrogens is 354 g/mol. The number of aryl methyl sites for hydroxylation is 1. The van der Waals surface area contributed by atoms with Crippen LogP contribution >= 0.6 is 0 Å². The summed E-state index contributed by atoms with van der Waals surface area (Å²) < 4.78 is 26.8. The predicted octanol–water partition coefficient (Wildman–Crippen LogP) is 2.48. The summed E-state index contributed by atoms with van der Waals surface area (Å²) >= 11 is 0. The molecule has 0 aliphatic heterocycles. The Bertz CT molecular complexity index is 970. The molecule has 136 valence electrons. The lowest BCUT2D eigenvalue weighted by Crippen LogP contribution is -2.13. The second-order valence-corrected chi connectivity index (χ2v) is 7.12. The van der Waals surface area contributed by atoms with Gasteiger partial charge in [-0.2, -0.15) is 13.4 Å². The number of hydrogen-bond donors (Lipinski definition) is 4. The molecule has 0 aliphatic carbocycles. The van der Waals surface area contributed by atoms with Gasteiger partial charge in [0.1, 0.15) is 5.82 Å². The summed E-state index contributed by atoms with van der Waals surface area (Å²) in [6.45, 7) is 4.59. The molecule has 2 aromatic heterocycles. The van der Waals surface area contributed by atoms with Gasteiger partial charge in [0.25, 0.3) is 10.0 Å². The van der Waals surface area contributed by atoms with Gasteiger partial charge in [-0.25, -0.2) is 9.97 Å². The first-order valence-electron chi connectivity index (χ1n) is 7.94. The number of nitrogens with zero attached hydrogens (tertiary/aromatic N) is 3. The maximum atomic E-state index is 12.2. The lowest BCUT2D eigenvalue weighted by atomic mass is 10.3. The zero-order valence-corrected chi connectivity index (χ0v) is 15.1. The van der Waals surface area contributed by atoms with E-state index in [0.29, 0.717) is 17.5 Å². The Morgan fingerprint density at radius 3 is 2.50 bits per heavy atom. The number of benzene rings is 1. The van der Waals surface area contributed by atoms with Gasteiger partial charge in [-0.1, -0.05) is 0 Å². The van der Waals surface area contributed by atoms with Gasteiger partial charge in [-0.3, -0.25) is 4.72 Å². The van der Waals surface area contributed by atoms with Crippen molar-refractivity contribution in [3.8, 4) is 0 Å². The van der Waals surface area contributed by atoms with Crippen LogP contribution in [0.15, 0.2) is 47.9 Å². The first-order chi connectivity index (χ1) is 12.5. The molecule has 1 aromatic carbocycles. The van der Waals surface area contributed by atoms with Crippen LogP contribution in [0.25, 0.3) is 0 Å². The minimum absolute atomic E-state index is 0.00659. The Morgan fingerprint density at radius 2 is 1.85 bits per heavy atom. The number of H-pyrrole nitrogens is 1. The van der Waals surface area contributed by atoms with Crippen LogP contribution in [0.2, 0.25) is 0 Å². The van der Waals surface area contributed by atoms with Gasteiger partial charge in [0.05, 0.1) is 12.5 Å². The van der Waals surface area contributed by atoms with E-state index in [1.165, 1.54) is 12.5 Å². The Labute approximate surface area is 151 Å². The minimum Gasteiger partial charge on any atom is -0.354 e. The maximum Gasteiger partial charge on any atom is 0.278 e. The Morgan fingerprint density at radius 1 is 1.12 bits per heavy atom. The Hall–Kier alpha value is -3.14. The number of aromatic amines is 1. The summed E-state index contributed by atoms with van der Waals surface area (Å²) in [5.74, 6) is 1.21. The van der Waals surface area contributed by atoms with Crippen LogP contribution in [0.3, 0.4) is 0 Å². The van der Waals surface area contributed by atoms with E-state index >= 15 is 0 Å². The van der Waals surface area contributed by atoms with Crippen molar-refractivity contribution in [3.05, 3.63) is 48.5 Å². The molecule has 26 heavy (non-hydrogen) atoms. The van der Waals surface area contributed by atoms with Crippen molar-refractivity contribution in [1.29, 1.82) is 0 Å². The molecule has 0 radical (unpaired) electrons. The van der Waals surface area contributed by atoms with Crippen molar-refractivity contribution in [2.24, 2.45) is 0 Å². The van der Waals surface area contributed by atoms with Crippen LogP contribution in [-0.2, 0) is 10.0 Å². The van der Waals surface area contributed by atoms with Crippen LogP contribution in [0.5, 0.6) is 0 Å². The highest BCUT2D eigenvalue weighted by atomic mass is 32.2. The second-order valence-electron chi connectivity index (χ2n) is 5.47. The molecule has 10 heteroatoms. The summed E-state index contributed by atoms with van der Waals surface area (Å²) in [5, 5.41) is 6.26. The van der Waals surface area contributed by atoms with Crippen LogP contribution < -0.4 is 15.4 Å². The lowest BCUT2D eigenvalue weighted by Gasteiger charge is -2.10. The molecule has 0 bridgehead atoms. The van der Waals surface area contributed by atoms with E-state index in [1.54, 1.807) is 24.3 Å². The van der Waals surface area contributed by atoms with E-state index < -0.39 is 10.0 Å². The average Bonchev–Trinajstić information content (AvgIpc) is 3.12. The lowest BCUT2D eigenvalue weighted by molar-refractivity contribution is 0.598. The highest BCUT2D eigenvalue weighted by molar-refractivity contribution is 7.92. The molecule has 0 saturated carbocycles. The molecule has 9 nitrogen and oxygen atoms in total. The third-order valence-corrected chi connectivity index (χ3v) is 4.67. The minimum atomic E-state index is -3.68. The number of aromatic nitrogens is 4. The average molecular weight is 373 g/mol. The third-order valence-electron chi connectivity index (χ3n) is 3.36. The second kappa shape index (κ2) is 7.40. The van der Waals surface area contributed by atoms with Crippen molar-refractivity contribution in [2.75, 3.05) is 21.9 Å². The number of rotatable bonds is 7. The summed E-state index contributed by atoms with van der Waals surface area (Å²) in [6, 6.07) is 8.67. The molecule has 4 N–H and O–H groups in total. The van der Waals surface area contributed by atoms with Gasteiger partial charge in [0.15, 0.2) is 5.03 Å². The fraction of sp³-hybridized carbons (Fsp3) is 0.188. The SMILES string of the molecule is CCNc1nc(C)cc(Nc2ccc(NS(=O)(=O)c3cnc[nH]3)cc2)n1. The van der Waals surface area contributed by atoms with Crippen molar-refractivity contribution in [3.63, 3.8) is 0 Å². The fourth-order valence-electron chi connectivity index (χ4n) is 2.24. The largest absolute Gasteiger partial charge is 0.354 e. The van der Waals surface area contributed by atoms with Crippen LogP contribution in [0.1, 0.15) is 12.6 Å². The molecule has 3 rings (SSSR count). The smallest absolute Gasteiger partial charge is 0.278 e. The molecule has 0 atom stereocenters. The monoisotopic (exact) mass is 373 g/mol. The van der Waals surface area contributed by atoms with Crippen LogP contribution in [0.4, 0.5) is 23.1 Å². The van der Waals surface area contributed by atoms with Gasteiger partial charge < -0.3 is 15.6 Å². The van der Waals surface area contributed by atoms with Crippen molar-refractivity contribution < 1.29 is 8.42 Å². The molecule has 0 fully saturated rings. The summed E-state index contributed by atoms with van der Waals surface area (Å²) in [7, 11) is -3.68. The Balaban J connectivity index is 1.72. The predicted molar refractivity (Wildman–Crippen MR) is 100 cm³/mol. The summed E-state index contributed by atoms with van der Waals surface area (Å²) in [4.78, 5) is 15.0. The topological polar surface area (TPSA) is 125 Å². The first-order valence-corrected chi connectivity index (χ1v) is 9.42. The zero-order valence-electron chi connectivity index (χ0n) is 14.3. The van der Waals surface area contributed by atoms with Gasteiger partial charge in [-0.05, 0) is 38.1 Å². The Kier molecular flexibility index (Phi) is 5.03. The number of hydrogen-bond acceptors (Lipinski definition) is 7. The van der Waals surface area contributed by atoms with Gasteiger partial charge in [0, 0.05) is 29.7 Å². The summed E-state index contributed by atoms with van der Waals surface area (Å²) in [5.41, 5.74) is 2.05. The van der Waals surface area contributed by atoms with Gasteiger partial charge in [-0.15, -0.1) is 0 Å². The standard InChI is InChI=1S/C16H19N7O2S/c1-3-18-16-20-11(2)8-14(22-16)21-12-4-6-13(7-5-12)23-26(24,25)15-9-17-10-19-15/h4-10,23H,3H2,1-2H3,(H,17,19)(H2,18,20,21,22). The highest BCUT2D eigenvalue weighted by Gasteiger charge is 2.15. The molecule has 0 saturated heterocycles. The quantitative estimate of drug-likeness (QED) is 0.501. The number of imidazole rings is 1. The summed E-state index contributed by atoms with van der Waals surface area (Å²) in [6.07, 6.45) is 2.56. The highest BCUT2D eigenvalue weighted by Crippen LogP contribution is 2.20. The molecule has 3 aromatic rings. The molecule has 0 spiro atoms. The van der Waals surface area contributed by atoms with E-state index in [-0.39, 0.29) is 5.03 Å². The van der Waals surface area contributed by atoms with Crippen LogP contribution in [0, 0.1) is 6.92 Å². The third kappa shape index (κ3) is 4.28. The normalized spacial score (nSPS) is 11.2. The molecule has 0 unspecified atom stereocenters. The van der Waals surface area contributed by atoms with E-state index in [1.807, 2.05) is 19.9 Å². The van der Waals surface area contributed by atoms with Crippen molar-refractivity contribution in [2.45, 2.75) is 18.9 Å². The molecule has 0 amide bonds. The van der Waals surface area contributed by atoms with Crippen LogP contribution in [-0.4, -0.2) is 34.9 Å². The van der Waals surface area contributed by atoms with Crippen molar-refractivity contribution in [1.82, 2.24) is 19.9 Å². The molecule has 2 heterocycles. The first kappa shape index (κ1) is 17.7. The number of anilines is 4. The van der Waals surface area contributed by atoms with E-state index in [9.17, 15) is 8.42 Å². The van der Waals surface area contributed by atoms with Gasteiger partial charge >= 0.3 is 0 Å². The maximum absolute atomic E-state index is 12.2. The van der Waals surface area contributed by atoms with E-state index in [2.05, 4.69) is 35.3 Å². The molecule has 0 aliphatic rings.